The van der Waals surface area contributed by atoms with Gasteiger partial charge in [-0.2, -0.15) is 0 Å². The molecular formula is C18H22N2O6S. The highest BCUT2D eigenvalue weighted by Crippen LogP contribution is 2.29. The van der Waals surface area contributed by atoms with Gasteiger partial charge in [0.15, 0.2) is 9.84 Å². The number of aryl methyl sites for hydroxylation is 1. The first-order valence-corrected chi connectivity index (χ1v) is 10.5. The van der Waals surface area contributed by atoms with E-state index < -0.39 is 39.5 Å². The van der Waals surface area contributed by atoms with Gasteiger partial charge in [-0.15, -0.1) is 0 Å². The summed E-state index contributed by atoms with van der Waals surface area (Å²) >= 11 is 0. The molecule has 2 N–H and O–H groups in total. The summed E-state index contributed by atoms with van der Waals surface area (Å²) in [6, 6.07) is 8.76. The van der Waals surface area contributed by atoms with Crippen LogP contribution < -0.4 is 11.2 Å². The number of hydrogen-bond donors (Lipinski definition) is 2. The molecule has 1 unspecified atom stereocenters. The van der Waals surface area contributed by atoms with E-state index in [1.807, 2.05) is 0 Å². The fourth-order valence-corrected chi connectivity index (χ4v) is 4.79. The van der Waals surface area contributed by atoms with Crippen molar-refractivity contribution in [2.45, 2.75) is 44.0 Å². The molecule has 1 aromatic heterocycles. The zero-order valence-electron chi connectivity index (χ0n) is 14.9. The minimum absolute atomic E-state index is 0.0701. The van der Waals surface area contributed by atoms with Crippen molar-refractivity contribution < 1.29 is 18.3 Å². The highest BCUT2D eigenvalue weighted by Gasteiger charge is 2.38. The first-order chi connectivity index (χ1) is 12.8. The highest BCUT2D eigenvalue weighted by molar-refractivity contribution is 7.90. The third kappa shape index (κ3) is 4.55. The minimum Gasteiger partial charge on any atom is -0.390 e. The lowest BCUT2D eigenvalue weighted by Crippen LogP contribution is -2.34. The standard InChI is InChI=1S/C18H22N2O6S/c1-2-13-9-20(18(23)19-17(13)22)16-8-14(21)15(26-16)11-27(24,25)10-12-6-4-3-5-7-12/h3-7,9,14-16,21H,2,8,10-11H2,1H3,(H,19,22,23)/t14?,15-,16-/m0/s1. The Morgan fingerprint density at radius 1 is 1.26 bits per heavy atom. The van der Waals surface area contributed by atoms with Gasteiger partial charge in [-0.25, -0.2) is 13.2 Å². The number of aromatic nitrogens is 2. The second-order valence-corrected chi connectivity index (χ2v) is 8.76. The summed E-state index contributed by atoms with van der Waals surface area (Å²) in [6.07, 6.45) is -0.886. The van der Waals surface area contributed by atoms with E-state index in [0.29, 0.717) is 17.5 Å². The van der Waals surface area contributed by atoms with Gasteiger partial charge in [0.2, 0.25) is 0 Å². The molecule has 27 heavy (non-hydrogen) atoms. The number of aliphatic hydroxyl groups excluding tert-OH is 1. The van der Waals surface area contributed by atoms with Crippen molar-refractivity contribution in [1.82, 2.24) is 9.55 Å². The molecule has 3 rings (SSSR count). The van der Waals surface area contributed by atoms with Crippen LogP contribution in [0.3, 0.4) is 0 Å². The number of aliphatic hydroxyl groups is 1. The fraction of sp³-hybridized carbons (Fsp3) is 0.444. The van der Waals surface area contributed by atoms with Gasteiger partial charge in [0.25, 0.3) is 5.56 Å². The third-order valence-electron chi connectivity index (χ3n) is 4.58. The van der Waals surface area contributed by atoms with E-state index in [-0.39, 0.29) is 17.9 Å². The molecule has 146 valence electrons. The lowest BCUT2D eigenvalue weighted by molar-refractivity contribution is -0.00848. The first kappa shape index (κ1) is 19.5. The average Bonchev–Trinajstić information content (AvgIpc) is 2.95. The van der Waals surface area contributed by atoms with Crippen molar-refractivity contribution >= 4 is 9.84 Å². The van der Waals surface area contributed by atoms with E-state index >= 15 is 0 Å². The third-order valence-corrected chi connectivity index (χ3v) is 6.19. The summed E-state index contributed by atoms with van der Waals surface area (Å²) in [4.78, 5) is 26.0. The Morgan fingerprint density at radius 3 is 2.63 bits per heavy atom. The largest absolute Gasteiger partial charge is 0.390 e. The molecule has 1 aliphatic rings. The molecule has 0 radical (unpaired) electrons. The Hall–Kier alpha value is -2.23. The van der Waals surface area contributed by atoms with Gasteiger partial charge in [0.05, 0.1) is 17.6 Å². The normalized spacial score (nSPS) is 22.8. The summed E-state index contributed by atoms with van der Waals surface area (Å²) < 4.78 is 31.8. The van der Waals surface area contributed by atoms with Crippen LogP contribution in [0.2, 0.25) is 0 Å². The molecule has 2 aromatic rings. The molecule has 1 aromatic carbocycles. The number of hydrogen-bond acceptors (Lipinski definition) is 6. The van der Waals surface area contributed by atoms with Crippen LogP contribution in [0.1, 0.15) is 30.7 Å². The number of H-pyrrole nitrogens is 1. The summed E-state index contributed by atoms with van der Waals surface area (Å²) in [5.74, 6) is -0.498. The second kappa shape index (κ2) is 7.79. The van der Waals surface area contributed by atoms with Gasteiger partial charge in [-0.3, -0.25) is 14.3 Å². The molecule has 0 saturated carbocycles. The van der Waals surface area contributed by atoms with E-state index in [9.17, 15) is 23.1 Å². The minimum atomic E-state index is -3.52. The van der Waals surface area contributed by atoms with Crippen LogP contribution in [0, 0.1) is 0 Å². The maximum Gasteiger partial charge on any atom is 0.330 e. The molecule has 1 saturated heterocycles. The summed E-state index contributed by atoms with van der Waals surface area (Å²) in [5, 5.41) is 10.2. The summed E-state index contributed by atoms with van der Waals surface area (Å²) in [6.45, 7) is 1.78. The van der Waals surface area contributed by atoms with Crippen molar-refractivity contribution in [2.75, 3.05) is 5.75 Å². The van der Waals surface area contributed by atoms with Crippen LogP contribution in [0.15, 0.2) is 46.1 Å². The predicted octanol–water partition coefficient (Wildman–Crippen LogP) is 0.362. The number of rotatable bonds is 6. The summed E-state index contributed by atoms with van der Waals surface area (Å²) in [7, 11) is -3.52. The Morgan fingerprint density at radius 2 is 1.96 bits per heavy atom. The van der Waals surface area contributed by atoms with Gasteiger partial charge in [0, 0.05) is 18.2 Å². The van der Waals surface area contributed by atoms with Gasteiger partial charge in [0.1, 0.15) is 12.3 Å². The van der Waals surface area contributed by atoms with Crippen molar-refractivity contribution in [2.24, 2.45) is 0 Å². The maximum absolute atomic E-state index is 12.4. The van der Waals surface area contributed by atoms with E-state index in [4.69, 9.17) is 4.74 Å². The van der Waals surface area contributed by atoms with Crippen LogP contribution in [0.25, 0.3) is 0 Å². The van der Waals surface area contributed by atoms with Crippen molar-refractivity contribution in [3.05, 3.63) is 68.5 Å². The van der Waals surface area contributed by atoms with Crippen LogP contribution in [0.4, 0.5) is 0 Å². The van der Waals surface area contributed by atoms with Crippen LogP contribution in [-0.2, 0) is 26.7 Å². The molecule has 0 spiro atoms. The molecule has 1 aliphatic heterocycles. The van der Waals surface area contributed by atoms with E-state index in [0.717, 1.165) is 0 Å². The monoisotopic (exact) mass is 394 g/mol. The Bertz CT molecular complexity index is 1010. The molecule has 2 heterocycles. The Kier molecular flexibility index (Phi) is 5.64. The quantitative estimate of drug-likeness (QED) is 0.730. The fourth-order valence-electron chi connectivity index (χ4n) is 3.17. The van der Waals surface area contributed by atoms with Gasteiger partial charge in [-0.05, 0) is 12.0 Å². The number of nitrogens with zero attached hydrogens (tertiary/aromatic N) is 1. The molecular weight excluding hydrogens is 372 g/mol. The van der Waals surface area contributed by atoms with E-state index in [1.165, 1.54) is 10.8 Å². The Balaban J connectivity index is 1.75. The summed E-state index contributed by atoms with van der Waals surface area (Å²) in [5.41, 5.74) is -0.0414. The SMILES string of the molecule is CCc1cn([C@@H]2CC(O)[C@H](CS(=O)(=O)Cc3ccccc3)O2)c(=O)[nH]c1=O. The molecule has 8 nitrogen and oxygen atoms in total. The van der Waals surface area contributed by atoms with Crippen molar-refractivity contribution in [3.63, 3.8) is 0 Å². The molecule has 0 aliphatic carbocycles. The van der Waals surface area contributed by atoms with Gasteiger partial charge >= 0.3 is 5.69 Å². The zero-order chi connectivity index (χ0) is 19.6. The number of ether oxygens (including phenoxy) is 1. The Labute approximate surface area is 156 Å². The van der Waals surface area contributed by atoms with Gasteiger partial charge in [-0.1, -0.05) is 37.3 Å². The maximum atomic E-state index is 12.4. The number of aromatic amines is 1. The zero-order valence-corrected chi connectivity index (χ0v) is 15.7. The van der Waals surface area contributed by atoms with Crippen molar-refractivity contribution in [3.8, 4) is 0 Å². The first-order valence-electron chi connectivity index (χ1n) is 8.71. The van der Waals surface area contributed by atoms with E-state index in [1.54, 1.807) is 37.3 Å². The second-order valence-electron chi connectivity index (χ2n) is 6.65. The number of sulfone groups is 1. The molecule has 9 heteroatoms. The topological polar surface area (TPSA) is 118 Å². The average molecular weight is 394 g/mol. The molecule has 0 amide bonds. The highest BCUT2D eigenvalue weighted by atomic mass is 32.2. The molecule has 3 atom stereocenters. The van der Waals surface area contributed by atoms with Crippen LogP contribution in [-0.4, -0.2) is 41.0 Å². The predicted molar refractivity (Wildman–Crippen MR) is 99.2 cm³/mol. The van der Waals surface area contributed by atoms with E-state index in [2.05, 4.69) is 4.98 Å². The lowest BCUT2D eigenvalue weighted by atomic mass is 10.2. The van der Waals surface area contributed by atoms with Crippen molar-refractivity contribution in [1.29, 1.82) is 0 Å². The smallest absolute Gasteiger partial charge is 0.330 e. The van der Waals surface area contributed by atoms with Gasteiger partial charge < -0.3 is 9.84 Å². The molecule has 0 bridgehead atoms. The number of benzene rings is 1. The van der Waals surface area contributed by atoms with Crippen LogP contribution in [0.5, 0.6) is 0 Å². The number of nitrogens with one attached hydrogen (secondary N) is 1. The molecule has 1 fully saturated rings. The van der Waals surface area contributed by atoms with Crippen LogP contribution >= 0.6 is 0 Å². The lowest BCUT2D eigenvalue weighted by Gasteiger charge is -2.16.